The van der Waals surface area contributed by atoms with Crippen molar-refractivity contribution in [2.24, 2.45) is 0 Å². The molecule has 2 N–H and O–H groups in total. The number of hydrogen-bond donors (Lipinski definition) is 2. The summed E-state index contributed by atoms with van der Waals surface area (Å²) in [5.41, 5.74) is 0.768. The normalized spacial score (nSPS) is 12.5. The summed E-state index contributed by atoms with van der Waals surface area (Å²) in [6.45, 7) is 4.03. The first-order chi connectivity index (χ1) is 13.3. The highest BCUT2D eigenvalue weighted by Crippen LogP contribution is 2.31. The molecule has 146 valence electrons. The highest BCUT2D eigenvalue weighted by atomic mass is 19.4. The molecule has 1 atom stereocenters. The highest BCUT2D eigenvalue weighted by molar-refractivity contribution is 5.65. The van der Waals surface area contributed by atoms with Crippen LogP contribution in [0.1, 0.15) is 25.8 Å². The second-order valence-electron chi connectivity index (χ2n) is 6.33. The molecule has 0 amide bonds. The number of rotatable bonds is 6. The second kappa shape index (κ2) is 8.24. The van der Waals surface area contributed by atoms with Gasteiger partial charge in [-0.1, -0.05) is 19.1 Å². The standard InChI is InChI=1S/C20H20F3N5/c1-3-13(2)25-19-27-17(16-9-4-5-10-24-16)12-18(28-19)26-15-8-6-7-14(11-15)20(21,22)23/h4-13H,3H2,1-2H3,(H2,25,26,27,28)/t13-/m0/s1. The predicted molar refractivity (Wildman–Crippen MR) is 103 cm³/mol. The van der Waals surface area contributed by atoms with E-state index in [1.165, 1.54) is 6.07 Å². The lowest BCUT2D eigenvalue weighted by Crippen LogP contribution is -2.16. The lowest BCUT2D eigenvalue weighted by atomic mass is 10.2. The molecule has 0 aliphatic heterocycles. The summed E-state index contributed by atoms with van der Waals surface area (Å²) in [5, 5.41) is 6.13. The smallest absolute Gasteiger partial charge is 0.352 e. The van der Waals surface area contributed by atoms with Crippen LogP contribution < -0.4 is 10.6 Å². The fourth-order valence-corrected chi connectivity index (χ4v) is 2.46. The molecule has 0 fully saturated rings. The van der Waals surface area contributed by atoms with Crippen molar-refractivity contribution in [2.75, 3.05) is 10.6 Å². The third kappa shape index (κ3) is 4.97. The van der Waals surface area contributed by atoms with Crippen molar-refractivity contribution in [3.8, 4) is 11.4 Å². The summed E-state index contributed by atoms with van der Waals surface area (Å²) >= 11 is 0. The fraction of sp³-hybridized carbons (Fsp3) is 0.250. The zero-order valence-electron chi connectivity index (χ0n) is 15.5. The Balaban J connectivity index is 1.96. The number of anilines is 3. The summed E-state index contributed by atoms with van der Waals surface area (Å²) in [7, 11) is 0. The Morgan fingerprint density at radius 3 is 2.50 bits per heavy atom. The van der Waals surface area contributed by atoms with E-state index in [4.69, 9.17) is 0 Å². The van der Waals surface area contributed by atoms with E-state index in [2.05, 4.69) is 25.6 Å². The van der Waals surface area contributed by atoms with Crippen molar-refractivity contribution in [1.82, 2.24) is 15.0 Å². The monoisotopic (exact) mass is 387 g/mol. The largest absolute Gasteiger partial charge is 0.416 e. The Morgan fingerprint density at radius 1 is 1.00 bits per heavy atom. The van der Waals surface area contributed by atoms with E-state index in [1.807, 2.05) is 26.0 Å². The molecule has 0 saturated carbocycles. The Labute approximate surface area is 161 Å². The number of pyridine rings is 1. The molecule has 2 heterocycles. The maximum absolute atomic E-state index is 13.0. The molecule has 2 aromatic heterocycles. The van der Waals surface area contributed by atoms with Gasteiger partial charge >= 0.3 is 6.18 Å². The van der Waals surface area contributed by atoms with Gasteiger partial charge in [-0.05, 0) is 43.7 Å². The van der Waals surface area contributed by atoms with Gasteiger partial charge in [-0.15, -0.1) is 0 Å². The maximum Gasteiger partial charge on any atom is 0.416 e. The van der Waals surface area contributed by atoms with Crippen molar-refractivity contribution >= 4 is 17.5 Å². The first kappa shape index (κ1) is 19.6. The number of hydrogen-bond acceptors (Lipinski definition) is 5. The minimum atomic E-state index is -4.41. The van der Waals surface area contributed by atoms with Crippen LogP contribution in [0.5, 0.6) is 0 Å². The molecule has 3 aromatic rings. The quantitative estimate of drug-likeness (QED) is 0.584. The van der Waals surface area contributed by atoms with E-state index in [9.17, 15) is 13.2 Å². The molecule has 8 heteroatoms. The lowest BCUT2D eigenvalue weighted by Gasteiger charge is -2.15. The van der Waals surface area contributed by atoms with Gasteiger partial charge in [-0.2, -0.15) is 18.2 Å². The molecule has 0 aliphatic carbocycles. The van der Waals surface area contributed by atoms with Crippen molar-refractivity contribution in [2.45, 2.75) is 32.5 Å². The van der Waals surface area contributed by atoms with Gasteiger partial charge in [-0.25, -0.2) is 4.98 Å². The summed E-state index contributed by atoms with van der Waals surface area (Å²) < 4.78 is 38.9. The zero-order chi connectivity index (χ0) is 20.1. The van der Waals surface area contributed by atoms with Crippen molar-refractivity contribution in [1.29, 1.82) is 0 Å². The van der Waals surface area contributed by atoms with Crippen molar-refractivity contribution < 1.29 is 13.2 Å². The molecule has 5 nitrogen and oxygen atoms in total. The van der Waals surface area contributed by atoms with E-state index in [0.29, 0.717) is 23.2 Å². The summed E-state index contributed by atoms with van der Waals surface area (Å²) in [6, 6.07) is 12.2. The lowest BCUT2D eigenvalue weighted by molar-refractivity contribution is -0.137. The Hall–Kier alpha value is -3.16. The molecule has 0 radical (unpaired) electrons. The third-order valence-electron chi connectivity index (χ3n) is 4.10. The number of nitrogens with one attached hydrogen (secondary N) is 2. The first-order valence-corrected chi connectivity index (χ1v) is 8.86. The minimum Gasteiger partial charge on any atom is -0.352 e. The molecule has 0 unspecified atom stereocenters. The Bertz CT molecular complexity index is 929. The molecule has 0 aliphatic rings. The van der Waals surface area contributed by atoms with E-state index in [0.717, 1.165) is 18.6 Å². The van der Waals surface area contributed by atoms with Crippen LogP contribution in [-0.2, 0) is 6.18 Å². The van der Waals surface area contributed by atoms with Gasteiger partial charge in [0.25, 0.3) is 0 Å². The first-order valence-electron chi connectivity index (χ1n) is 8.86. The molecule has 3 rings (SSSR count). The van der Waals surface area contributed by atoms with Gasteiger partial charge < -0.3 is 10.6 Å². The molecular formula is C20H20F3N5. The van der Waals surface area contributed by atoms with Crippen LogP contribution in [-0.4, -0.2) is 21.0 Å². The Morgan fingerprint density at radius 2 is 1.82 bits per heavy atom. The van der Waals surface area contributed by atoms with Gasteiger partial charge in [0.2, 0.25) is 5.95 Å². The number of nitrogens with zero attached hydrogens (tertiary/aromatic N) is 3. The summed E-state index contributed by atoms with van der Waals surface area (Å²) in [5.74, 6) is 0.757. The molecular weight excluding hydrogens is 367 g/mol. The fourth-order valence-electron chi connectivity index (χ4n) is 2.46. The highest BCUT2D eigenvalue weighted by Gasteiger charge is 2.30. The van der Waals surface area contributed by atoms with Crippen LogP contribution in [0.25, 0.3) is 11.4 Å². The van der Waals surface area contributed by atoms with E-state index in [1.54, 1.807) is 24.4 Å². The molecule has 0 bridgehead atoms. The number of benzene rings is 1. The van der Waals surface area contributed by atoms with Gasteiger partial charge in [0.15, 0.2) is 0 Å². The average molecular weight is 387 g/mol. The average Bonchev–Trinajstić information content (AvgIpc) is 2.68. The topological polar surface area (TPSA) is 62.7 Å². The SMILES string of the molecule is CC[C@H](C)Nc1nc(Nc2cccc(C(F)(F)F)c2)cc(-c2ccccn2)n1. The van der Waals surface area contributed by atoms with Crippen molar-refractivity contribution in [3.05, 3.63) is 60.3 Å². The predicted octanol–water partition coefficient (Wildman–Crippen LogP) is 5.51. The van der Waals surface area contributed by atoms with Crippen molar-refractivity contribution in [3.63, 3.8) is 0 Å². The molecule has 0 spiro atoms. The van der Waals surface area contributed by atoms with Crippen LogP contribution in [0, 0.1) is 0 Å². The van der Waals surface area contributed by atoms with Gasteiger partial charge in [0, 0.05) is 24.0 Å². The molecule has 0 saturated heterocycles. The minimum absolute atomic E-state index is 0.139. The Kier molecular flexibility index (Phi) is 5.77. The van der Waals surface area contributed by atoms with Crippen LogP contribution in [0.15, 0.2) is 54.7 Å². The summed E-state index contributed by atoms with van der Waals surface area (Å²) in [6.07, 6.45) is -1.89. The van der Waals surface area contributed by atoms with Gasteiger partial charge in [0.05, 0.1) is 17.0 Å². The maximum atomic E-state index is 13.0. The van der Waals surface area contributed by atoms with E-state index >= 15 is 0 Å². The van der Waals surface area contributed by atoms with Crippen LogP contribution >= 0.6 is 0 Å². The van der Waals surface area contributed by atoms with Gasteiger partial charge in [-0.3, -0.25) is 4.98 Å². The zero-order valence-corrected chi connectivity index (χ0v) is 15.5. The van der Waals surface area contributed by atoms with Crippen LogP contribution in [0.3, 0.4) is 0 Å². The molecule has 28 heavy (non-hydrogen) atoms. The number of halogens is 3. The molecule has 1 aromatic carbocycles. The van der Waals surface area contributed by atoms with Crippen LogP contribution in [0.2, 0.25) is 0 Å². The summed E-state index contributed by atoms with van der Waals surface area (Å²) in [4.78, 5) is 13.2. The van der Waals surface area contributed by atoms with E-state index < -0.39 is 11.7 Å². The van der Waals surface area contributed by atoms with Crippen LogP contribution in [0.4, 0.5) is 30.6 Å². The number of aromatic nitrogens is 3. The van der Waals surface area contributed by atoms with Gasteiger partial charge in [0.1, 0.15) is 5.82 Å². The van der Waals surface area contributed by atoms with E-state index in [-0.39, 0.29) is 11.7 Å². The number of alkyl halides is 3. The second-order valence-corrected chi connectivity index (χ2v) is 6.33. The third-order valence-corrected chi connectivity index (χ3v) is 4.10.